The smallest absolute Gasteiger partial charge is 0.337 e. The third-order valence-corrected chi connectivity index (χ3v) is 4.22. The van der Waals surface area contributed by atoms with E-state index < -0.39 is 5.97 Å². The van der Waals surface area contributed by atoms with Gasteiger partial charge in [-0.1, -0.05) is 30.3 Å². The highest BCUT2D eigenvalue weighted by Gasteiger charge is 2.18. The molecular formula is C15H12N2O3S. The molecule has 0 spiro atoms. The van der Waals surface area contributed by atoms with Crippen LogP contribution in [-0.4, -0.2) is 20.6 Å². The van der Waals surface area contributed by atoms with Crippen molar-refractivity contribution in [3.63, 3.8) is 0 Å². The van der Waals surface area contributed by atoms with Crippen molar-refractivity contribution in [1.29, 1.82) is 0 Å². The predicted molar refractivity (Wildman–Crippen MR) is 81.1 cm³/mol. The van der Waals surface area contributed by atoms with Gasteiger partial charge in [-0.25, -0.2) is 9.78 Å². The van der Waals surface area contributed by atoms with Crippen LogP contribution >= 0.6 is 11.3 Å². The number of nitrogens with zero attached hydrogens (tertiary/aromatic N) is 2. The van der Waals surface area contributed by atoms with E-state index in [-0.39, 0.29) is 16.5 Å². The molecule has 0 amide bonds. The lowest BCUT2D eigenvalue weighted by atomic mass is 10.1. The Morgan fingerprint density at radius 2 is 2.05 bits per heavy atom. The van der Waals surface area contributed by atoms with Crippen LogP contribution in [0.1, 0.15) is 21.7 Å². The van der Waals surface area contributed by atoms with Gasteiger partial charge < -0.3 is 5.11 Å². The van der Waals surface area contributed by atoms with Crippen molar-refractivity contribution in [1.82, 2.24) is 9.55 Å². The van der Waals surface area contributed by atoms with E-state index in [9.17, 15) is 9.59 Å². The van der Waals surface area contributed by atoms with Gasteiger partial charge >= 0.3 is 5.97 Å². The zero-order valence-electron chi connectivity index (χ0n) is 11.2. The van der Waals surface area contributed by atoms with Crippen LogP contribution in [0.3, 0.4) is 0 Å². The first-order valence-electron chi connectivity index (χ1n) is 6.32. The zero-order valence-corrected chi connectivity index (χ0v) is 12.1. The number of benzene rings is 1. The van der Waals surface area contributed by atoms with Crippen molar-refractivity contribution >= 4 is 27.5 Å². The van der Waals surface area contributed by atoms with Crippen LogP contribution in [0, 0.1) is 0 Å². The summed E-state index contributed by atoms with van der Waals surface area (Å²) >= 11 is 1.18. The van der Waals surface area contributed by atoms with E-state index in [0.717, 1.165) is 5.56 Å². The van der Waals surface area contributed by atoms with Crippen LogP contribution in [0.4, 0.5) is 0 Å². The van der Waals surface area contributed by atoms with Gasteiger partial charge in [-0.2, -0.15) is 0 Å². The van der Waals surface area contributed by atoms with E-state index >= 15 is 0 Å². The van der Waals surface area contributed by atoms with Crippen molar-refractivity contribution in [2.75, 3.05) is 0 Å². The van der Waals surface area contributed by atoms with Crippen LogP contribution in [0.5, 0.6) is 0 Å². The summed E-state index contributed by atoms with van der Waals surface area (Å²) in [6, 6.07) is 9.72. The van der Waals surface area contributed by atoms with Gasteiger partial charge in [-0.15, -0.1) is 11.3 Å². The maximum absolute atomic E-state index is 12.4. The monoisotopic (exact) mass is 300 g/mol. The summed E-state index contributed by atoms with van der Waals surface area (Å²) in [5, 5.41) is 10.8. The van der Waals surface area contributed by atoms with Crippen LogP contribution in [-0.2, 0) is 13.5 Å². The number of hydrogen-bond donors (Lipinski definition) is 1. The fraction of sp³-hybridized carbons (Fsp3) is 0.133. The van der Waals surface area contributed by atoms with Gasteiger partial charge in [0.1, 0.15) is 10.7 Å². The number of carboxylic acids is 1. The molecule has 2 heterocycles. The Morgan fingerprint density at radius 3 is 2.71 bits per heavy atom. The number of carboxylic acid groups (broad SMARTS) is 1. The largest absolute Gasteiger partial charge is 0.478 e. The third kappa shape index (κ3) is 2.34. The SMILES string of the molecule is Cn1c(Cc2ccccc2)nc2scc(C(=O)O)c2c1=O. The molecule has 3 rings (SSSR count). The highest BCUT2D eigenvalue weighted by molar-refractivity contribution is 7.17. The number of aromatic carboxylic acids is 1. The molecule has 1 N–H and O–H groups in total. The molecule has 0 aliphatic rings. The molecule has 5 nitrogen and oxygen atoms in total. The lowest BCUT2D eigenvalue weighted by Gasteiger charge is -2.07. The molecule has 0 aliphatic carbocycles. The van der Waals surface area contributed by atoms with Gasteiger partial charge in [0.05, 0.1) is 10.9 Å². The molecule has 0 bridgehead atoms. The molecule has 3 aromatic rings. The summed E-state index contributed by atoms with van der Waals surface area (Å²) in [5.41, 5.74) is 0.758. The normalized spacial score (nSPS) is 10.9. The summed E-state index contributed by atoms with van der Waals surface area (Å²) < 4.78 is 1.43. The first-order chi connectivity index (χ1) is 10.1. The van der Waals surface area contributed by atoms with Crippen molar-refractivity contribution in [3.8, 4) is 0 Å². The number of hydrogen-bond acceptors (Lipinski definition) is 4. The Morgan fingerprint density at radius 1 is 1.33 bits per heavy atom. The molecule has 21 heavy (non-hydrogen) atoms. The van der Waals surface area contributed by atoms with Gasteiger partial charge in [0.25, 0.3) is 5.56 Å². The molecule has 0 unspecified atom stereocenters. The quantitative estimate of drug-likeness (QED) is 0.805. The molecule has 1 aromatic carbocycles. The minimum atomic E-state index is -1.10. The van der Waals surface area contributed by atoms with Gasteiger partial charge in [-0.05, 0) is 5.56 Å². The minimum Gasteiger partial charge on any atom is -0.478 e. The summed E-state index contributed by atoms with van der Waals surface area (Å²) in [4.78, 5) is 28.5. The van der Waals surface area contributed by atoms with Crippen molar-refractivity contribution < 1.29 is 9.90 Å². The van der Waals surface area contributed by atoms with Gasteiger partial charge in [0.2, 0.25) is 0 Å². The molecule has 106 valence electrons. The average Bonchev–Trinajstić information content (AvgIpc) is 2.89. The molecular weight excluding hydrogens is 288 g/mol. The molecule has 0 atom stereocenters. The number of thiophene rings is 1. The topological polar surface area (TPSA) is 72.2 Å². The van der Waals surface area contributed by atoms with Gasteiger partial charge in [-0.3, -0.25) is 9.36 Å². The van der Waals surface area contributed by atoms with E-state index in [1.165, 1.54) is 21.3 Å². The van der Waals surface area contributed by atoms with E-state index in [1.54, 1.807) is 7.05 Å². The van der Waals surface area contributed by atoms with E-state index in [2.05, 4.69) is 4.98 Å². The highest BCUT2D eigenvalue weighted by Crippen LogP contribution is 2.22. The maximum atomic E-state index is 12.4. The minimum absolute atomic E-state index is 0.0226. The molecule has 0 saturated heterocycles. The second-order valence-corrected chi connectivity index (χ2v) is 5.55. The van der Waals surface area contributed by atoms with Gasteiger partial charge in [0, 0.05) is 18.8 Å². The first kappa shape index (κ1) is 13.5. The Hall–Kier alpha value is -2.47. The number of aromatic nitrogens is 2. The summed E-state index contributed by atoms with van der Waals surface area (Å²) in [6.07, 6.45) is 0.531. The van der Waals surface area contributed by atoms with Crippen LogP contribution < -0.4 is 5.56 Å². The summed E-state index contributed by atoms with van der Waals surface area (Å²) in [7, 11) is 1.62. The second kappa shape index (κ2) is 5.14. The third-order valence-electron chi connectivity index (χ3n) is 3.34. The standard InChI is InChI=1S/C15H12N2O3S/c1-17-11(7-9-5-3-2-4-6-9)16-13-12(14(17)18)10(8-21-13)15(19)20/h2-6,8H,7H2,1H3,(H,19,20). The van der Waals surface area contributed by atoms with E-state index in [4.69, 9.17) is 5.11 Å². The Bertz CT molecular complexity index is 881. The van der Waals surface area contributed by atoms with Crippen LogP contribution in [0.15, 0.2) is 40.5 Å². The maximum Gasteiger partial charge on any atom is 0.337 e. The Labute approximate surface area is 124 Å². The lowest BCUT2D eigenvalue weighted by Crippen LogP contribution is -2.23. The van der Waals surface area contributed by atoms with E-state index in [0.29, 0.717) is 17.1 Å². The van der Waals surface area contributed by atoms with Crippen molar-refractivity contribution in [2.24, 2.45) is 7.05 Å². The molecule has 2 aromatic heterocycles. The van der Waals surface area contributed by atoms with E-state index in [1.807, 2.05) is 30.3 Å². The second-order valence-electron chi connectivity index (χ2n) is 4.69. The van der Waals surface area contributed by atoms with Crippen LogP contribution in [0.25, 0.3) is 10.2 Å². The average molecular weight is 300 g/mol. The highest BCUT2D eigenvalue weighted by atomic mass is 32.1. The molecule has 6 heteroatoms. The fourth-order valence-electron chi connectivity index (χ4n) is 2.21. The molecule has 0 radical (unpaired) electrons. The van der Waals surface area contributed by atoms with Crippen LogP contribution in [0.2, 0.25) is 0 Å². The predicted octanol–water partition coefficient (Wildman–Crippen LogP) is 2.28. The Balaban J connectivity index is 2.16. The number of fused-ring (bicyclic) bond motifs is 1. The fourth-order valence-corrected chi connectivity index (χ4v) is 3.13. The summed E-state index contributed by atoms with van der Waals surface area (Å²) in [6.45, 7) is 0. The number of carbonyl (C=O) groups is 1. The molecule has 0 saturated carbocycles. The lowest BCUT2D eigenvalue weighted by molar-refractivity contribution is 0.0699. The summed E-state index contributed by atoms with van der Waals surface area (Å²) in [5.74, 6) is -0.478. The molecule has 0 aliphatic heterocycles. The Kier molecular flexibility index (Phi) is 3.31. The van der Waals surface area contributed by atoms with Gasteiger partial charge in [0.15, 0.2) is 0 Å². The number of rotatable bonds is 3. The van der Waals surface area contributed by atoms with Crippen molar-refractivity contribution in [2.45, 2.75) is 6.42 Å². The van der Waals surface area contributed by atoms with Crippen molar-refractivity contribution in [3.05, 3.63) is 63.0 Å². The first-order valence-corrected chi connectivity index (χ1v) is 7.20. The molecule has 0 fully saturated rings. The zero-order chi connectivity index (χ0) is 15.0.